The maximum Gasteiger partial charge on any atom is 0.204 e. The monoisotopic (exact) mass is 345 g/mol. The number of aromatic nitrogens is 5. The molecule has 0 aliphatic rings. The highest BCUT2D eigenvalue weighted by Crippen LogP contribution is 2.09. The summed E-state index contributed by atoms with van der Waals surface area (Å²) in [5, 5.41) is 15.8. The molecule has 0 saturated carbocycles. The predicted octanol–water partition coefficient (Wildman–Crippen LogP) is 1.94. The third-order valence-corrected chi connectivity index (χ3v) is 3.61. The Labute approximate surface area is 151 Å². The molecular weight excluding hydrogens is 328 g/mol. The second kappa shape index (κ2) is 8.53. The lowest BCUT2D eigenvalue weighted by atomic mass is 10.1. The molecule has 0 atom stereocenters. The number of nitrogens with zero attached hydrogens (tertiary/aromatic N) is 6. The number of tetrazole rings is 1. The molecule has 0 aliphatic heterocycles. The zero-order valence-electron chi connectivity index (χ0n) is 14.3. The van der Waals surface area contributed by atoms with Crippen molar-refractivity contribution in [2.24, 2.45) is 12.2 Å². The third-order valence-electron chi connectivity index (χ3n) is 3.61. The first-order valence-corrected chi connectivity index (χ1v) is 8.06. The van der Waals surface area contributed by atoms with E-state index in [-0.39, 0.29) is 6.61 Å². The van der Waals surface area contributed by atoms with E-state index in [2.05, 4.69) is 37.8 Å². The number of pyridine rings is 1. The van der Waals surface area contributed by atoms with E-state index < -0.39 is 0 Å². The van der Waals surface area contributed by atoms with Crippen LogP contribution in [-0.2, 0) is 24.9 Å². The quantitative estimate of drug-likeness (QED) is 0.371. The van der Waals surface area contributed by atoms with E-state index in [0.717, 1.165) is 23.2 Å². The van der Waals surface area contributed by atoms with Crippen LogP contribution in [0.3, 0.4) is 0 Å². The Balaban J connectivity index is 1.73. The van der Waals surface area contributed by atoms with Crippen LogP contribution in [0.1, 0.15) is 29.1 Å². The van der Waals surface area contributed by atoms with Gasteiger partial charge in [0.15, 0.2) is 12.3 Å². The zero-order valence-corrected chi connectivity index (χ0v) is 14.3. The minimum absolute atomic E-state index is 0.216. The molecule has 0 bridgehead atoms. The van der Waals surface area contributed by atoms with Crippen molar-refractivity contribution in [3.05, 3.63) is 71.3 Å². The van der Waals surface area contributed by atoms with Gasteiger partial charge in [0.25, 0.3) is 0 Å². The summed E-state index contributed by atoms with van der Waals surface area (Å²) in [7, 11) is 1.75. The summed E-state index contributed by atoms with van der Waals surface area (Å²) < 4.78 is 1.54. The summed E-state index contributed by atoms with van der Waals surface area (Å²) in [5.41, 5.74) is 3.11. The van der Waals surface area contributed by atoms with E-state index in [1.54, 1.807) is 11.7 Å². The van der Waals surface area contributed by atoms with Gasteiger partial charge >= 0.3 is 0 Å². The van der Waals surface area contributed by atoms with Crippen molar-refractivity contribution in [3.8, 4) is 12.3 Å². The average molecular weight is 345 g/mol. The van der Waals surface area contributed by atoms with Crippen molar-refractivity contribution in [1.82, 2.24) is 25.2 Å². The number of oxime groups is 1. The van der Waals surface area contributed by atoms with Crippen LogP contribution >= 0.6 is 0 Å². The summed E-state index contributed by atoms with van der Waals surface area (Å²) in [6.07, 6.45) is 9.67. The van der Waals surface area contributed by atoms with Crippen LogP contribution in [0.2, 0.25) is 0 Å². The van der Waals surface area contributed by atoms with Crippen LogP contribution < -0.4 is 0 Å². The molecule has 1 radical (unpaired) electrons. The van der Waals surface area contributed by atoms with Crippen LogP contribution in [0.4, 0.5) is 0 Å². The molecule has 0 saturated heterocycles. The summed E-state index contributed by atoms with van der Waals surface area (Å²) in [4.78, 5) is 9.75. The molecular formula is C19H17N6O. The first-order chi connectivity index (χ1) is 12.8. The van der Waals surface area contributed by atoms with Gasteiger partial charge < -0.3 is 4.84 Å². The second-order valence-electron chi connectivity index (χ2n) is 5.48. The van der Waals surface area contributed by atoms with Crippen molar-refractivity contribution >= 4 is 5.71 Å². The standard InChI is InChI=1S/C19H17N6O/c1-3-4-8-15-11-12-17(20-13-15)14-26-22-18(16-9-6-5-7-10-16)19-21-23-24-25(19)2/h1,5-7,9-12H,4,8,14H2,2H3/b22-18-. The molecule has 0 N–H and O–H groups in total. The molecule has 129 valence electrons. The fourth-order valence-corrected chi connectivity index (χ4v) is 2.25. The van der Waals surface area contributed by atoms with Gasteiger partial charge in [0.1, 0.15) is 0 Å². The molecule has 1 aromatic carbocycles. The molecule has 0 amide bonds. The van der Waals surface area contributed by atoms with E-state index in [4.69, 9.17) is 11.3 Å². The number of hydrogen-bond acceptors (Lipinski definition) is 6. The SMILES string of the molecule is C#CCCc1[c]nc(CO/N=C(/c2ccccc2)c2nnnn2C)cc1. The number of rotatable bonds is 7. The van der Waals surface area contributed by atoms with Crippen molar-refractivity contribution in [2.45, 2.75) is 19.4 Å². The summed E-state index contributed by atoms with van der Waals surface area (Å²) in [6.45, 7) is 0.216. The summed E-state index contributed by atoms with van der Waals surface area (Å²) >= 11 is 0. The topological polar surface area (TPSA) is 78.1 Å². The molecule has 3 aromatic rings. The van der Waals surface area contributed by atoms with Crippen molar-refractivity contribution in [2.75, 3.05) is 0 Å². The van der Waals surface area contributed by atoms with Gasteiger partial charge in [-0.1, -0.05) is 41.6 Å². The minimum Gasteiger partial charge on any atom is -0.389 e. The van der Waals surface area contributed by atoms with Gasteiger partial charge in [-0.15, -0.1) is 17.4 Å². The lowest BCUT2D eigenvalue weighted by Crippen LogP contribution is -2.12. The largest absolute Gasteiger partial charge is 0.389 e. The van der Waals surface area contributed by atoms with Crippen LogP contribution in [0.25, 0.3) is 0 Å². The van der Waals surface area contributed by atoms with Gasteiger partial charge in [-0.2, -0.15) is 0 Å². The number of terminal acetylenes is 1. The lowest BCUT2D eigenvalue weighted by Gasteiger charge is -2.06. The number of benzene rings is 1. The Hall–Kier alpha value is -3.53. The fraction of sp³-hybridized carbons (Fsp3) is 0.211. The molecule has 7 nitrogen and oxygen atoms in total. The van der Waals surface area contributed by atoms with Gasteiger partial charge in [0.05, 0.1) is 11.9 Å². The lowest BCUT2D eigenvalue weighted by molar-refractivity contribution is 0.128. The highest BCUT2D eigenvalue weighted by Gasteiger charge is 2.14. The number of aryl methyl sites for hydroxylation is 2. The van der Waals surface area contributed by atoms with Gasteiger partial charge in [-0.25, -0.2) is 9.67 Å². The Kier molecular flexibility index (Phi) is 5.68. The highest BCUT2D eigenvalue weighted by atomic mass is 16.6. The fourth-order valence-electron chi connectivity index (χ4n) is 2.25. The van der Waals surface area contributed by atoms with Crippen molar-refractivity contribution in [1.29, 1.82) is 0 Å². The second-order valence-corrected chi connectivity index (χ2v) is 5.48. The van der Waals surface area contributed by atoms with E-state index in [0.29, 0.717) is 18.0 Å². The van der Waals surface area contributed by atoms with Crippen LogP contribution in [0.5, 0.6) is 0 Å². The molecule has 0 unspecified atom stereocenters. The van der Waals surface area contributed by atoms with Crippen LogP contribution in [0.15, 0.2) is 47.6 Å². The van der Waals surface area contributed by atoms with Gasteiger partial charge in [-0.05, 0) is 28.5 Å². The molecule has 7 heteroatoms. The predicted molar refractivity (Wildman–Crippen MR) is 95.9 cm³/mol. The van der Waals surface area contributed by atoms with Crippen molar-refractivity contribution < 1.29 is 4.84 Å². The van der Waals surface area contributed by atoms with E-state index in [9.17, 15) is 0 Å². The normalized spacial score (nSPS) is 11.2. The smallest absolute Gasteiger partial charge is 0.204 e. The summed E-state index contributed by atoms with van der Waals surface area (Å²) in [6, 6.07) is 13.4. The van der Waals surface area contributed by atoms with E-state index >= 15 is 0 Å². The summed E-state index contributed by atoms with van der Waals surface area (Å²) in [5.74, 6) is 3.12. The maximum absolute atomic E-state index is 5.50. The average Bonchev–Trinajstić information content (AvgIpc) is 3.11. The van der Waals surface area contributed by atoms with Gasteiger partial charge in [0.2, 0.25) is 5.82 Å². The van der Waals surface area contributed by atoms with Crippen LogP contribution in [-0.4, -0.2) is 30.9 Å². The van der Waals surface area contributed by atoms with Crippen molar-refractivity contribution in [3.63, 3.8) is 0 Å². The highest BCUT2D eigenvalue weighted by molar-refractivity contribution is 6.10. The van der Waals surface area contributed by atoms with E-state index in [1.807, 2.05) is 42.5 Å². The molecule has 2 aromatic heterocycles. The first-order valence-electron chi connectivity index (χ1n) is 8.06. The molecule has 2 heterocycles. The van der Waals surface area contributed by atoms with Gasteiger partial charge in [0, 0.05) is 19.0 Å². The Morgan fingerprint density at radius 3 is 2.77 bits per heavy atom. The Morgan fingerprint density at radius 2 is 2.12 bits per heavy atom. The molecule has 3 rings (SSSR count). The Bertz CT molecular complexity index is 909. The molecule has 0 aliphatic carbocycles. The minimum atomic E-state index is 0.216. The molecule has 0 spiro atoms. The van der Waals surface area contributed by atoms with E-state index in [1.165, 1.54) is 0 Å². The van der Waals surface area contributed by atoms with Crippen LogP contribution in [0, 0.1) is 18.5 Å². The first kappa shape index (κ1) is 17.3. The Morgan fingerprint density at radius 1 is 1.27 bits per heavy atom. The maximum atomic E-state index is 5.50. The molecule has 0 fully saturated rings. The molecule has 26 heavy (non-hydrogen) atoms. The third kappa shape index (κ3) is 4.30. The zero-order chi connectivity index (χ0) is 18.2. The van der Waals surface area contributed by atoms with Gasteiger partial charge in [-0.3, -0.25) is 0 Å². The number of hydrogen-bond donors (Lipinski definition) is 0.